The molecule has 0 aromatic heterocycles. The Morgan fingerprint density at radius 2 is 0.730 bits per heavy atom. The summed E-state index contributed by atoms with van der Waals surface area (Å²) in [5.74, 6) is 0. The van der Waals surface area contributed by atoms with E-state index < -0.39 is 0 Å². The van der Waals surface area contributed by atoms with Crippen molar-refractivity contribution in [2.75, 3.05) is 0 Å². The summed E-state index contributed by atoms with van der Waals surface area (Å²) in [6.07, 6.45) is 51.8. The molecule has 3 heteroatoms. The van der Waals surface area contributed by atoms with Crippen LogP contribution in [0.2, 0.25) is 0 Å². The van der Waals surface area contributed by atoms with Gasteiger partial charge in [-0.2, -0.15) is 12.8 Å². The summed E-state index contributed by atoms with van der Waals surface area (Å²) in [5.41, 5.74) is 19.4. The molecule has 0 saturated carbocycles. The summed E-state index contributed by atoms with van der Waals surface area (Å²) in [4.78, 5) is 0. The summed E-state index contributed by atoms with van der Waals surface area (Å²) in [7, 11) is 0. The zero-order valence-corrected chi connectivity index (χ0v) is 43.5. The van der Waals surface area contributed by atoms with Crippen LogP contribution in [-0.4, -0.2) is 4.70 Å². The molecule has 362 valence electrons. The second-order valence-corrected chi connectivity index (χ2v) is 18.6. The predicted octanol–water partition coefficient (Wildman–Crippen LogP) is 21.0. The van der Waals surface area contributed by atoms with Crippen LogP contribution in [0.3, 0.4) is 0 Å². The van der Waals surface area contributed by atoms with Crippen molar-refractivity contribution in [3.63, 3.8) is 0 Å². The molecule has 0 N–H and O–H groups in total. The number of hydrogen-bond donors (Lipinski definition) is 0. The average Bonchev–Trinajstić information content (AvgIpc) is 3.63. The molecule has 0 atom stereocenters. The van der Waals surface area contributed by atoms with Gasteiger partial charge in [-0.3, -0.25) is 0 Å². The Balaban J connectivity index is 0.00000104. The van der Waals surface area contributed by atoms with E-state index in [0.717, 1.165) is 67.5 Å². The van der Waals surface area contributed by atoms with Gasteiger partial charge in [0, 0.05) is 22.8 Å². The average molecular weight is 910 g/mol. The molecule has 0 fully saturated rings. The minimum Gasteiger partial charge on any atom is -0.493 e. The molecule has 2 aromatic rings. The van der Waals surface area contributed by atoms with Crippen molar-refractivity contribution in [2.24, 2.45) is 0 Å². The molecule has 1 aliphatic heterocycles. The Morgan fingerprint density at radius 1 is 0.397 bits per heavy atom. The number of hydrogen-bond acceptors (Lipinski definition) is 0. The maximum atomic E-state index is 11.3. The number of benzene rings is 2. The first-order chi connectivity index (χ1) is 30.5. The monoisotopic (exact) mass is 909 g/mol. The molecule has 1 aliphatic rings. The standard InChI is InChI=1S/C30H40N2.2C15H31.Ni/c1-4-7-10-14-24-16-12-19-26(21-24)29-23-28(18-9-6-3)30(32(29)31)27-20-13-17-25(22-27)15-11-8-5-2;2*1-3-5-7-9-11-13-15-14-12-10-8-6-4-2;/h12-13,16-17,19-23H,4-11,14-15,18H2,1-3H3;2*1,3-15H2,2H3;/q;2*-1;+2. The maximum absolute atomic E-state index is 11.3. The second-order valence-electron chi connectivity index (χ2n) is 18.6. The van der Waals surface area contributed by atoms with Crippen LogP contribution in [0, 0.1) is 13.8 Å². The Bertz CT molecular complexity index is 1340. The molecule has 3 rings (SSSR count). The normalized spacial score (nSPS) is 12.1. The van der Waals surface area contributed by atoms with Crippen molar-refractivity contribution in [1.29, 1.82) is 0 Å². The fourth-order valence-electron chi connectivity index (χ4n) is 8.58. The zero-order chi connectivity index (χ0) is 45.1. The molecule has 0 bridgehead atoms. The Hall–Kier alpha value is -1.99. The van der Waals surface area contributed by atoms with Crippen LogP contribution in [0.25, 0.3) is 16.9 Å². The summed E-state index contributed by atoms with van der Waals surface area (Å²) >= 11 is 0. The molecule has 0 amide bonds. The van der Waals surface area contributed by atoms with E-state index in [0.29, 0.717) is 0 Å². The van der Waals surface area contributed by atoms with Gasteiger partial charge in [-0.25, -0.2) is 4.70 Å². The van der Waals surface area contributed by atoms with Crippen molar-refractivity contribution in [1.82, 2.24) is 0 Å². The number of unbranched alkanes of at least 4 members (excludes halogenated alkanes) is 29. The van der Waals surface area contributed by atoms with Crippen LogP contribution in [0.15, 0.2) is 60.2 Å². The van der Waals surface area contributed by atoms with E-state index in [-0.39, 0.29) is 16.5 Å². The molecule has 0 saturated heterocycles. The first-order valence-corrected chi connectivity index (χ1v) is 27.2. The number of allylic oxidation sites excluding steroid dienone is 2. The van der Waals surface area contributed by atoms with Gasteiger partial charge in [0.05, 0.1) is 0 Å². The molecule has 2 aromatic carbocycles. The van der Waals surface area contributed by atoms with Gasteiger partial charge in [-0.15, -0.1) is 0 Å². The molecule has 0 radical (unpaired) electrons. The minimum absolute atomic E-state index is 0. The van der Waals surface area contributed by atoms with Crippen molar-refractivity contribution >= 4 is 11.4 Å². The van der Waals surface area contributed by atoms with E-state index in [1.54, 1.807) is 0 Å². The van der Waals surface area contributed by atoms with Crippen LogP contribution >= 0.6 is 0 Å². The quantitative estimate of drug-likeness (QED) is 0.0279. The van der Waals surface area contributed by atoms with Gasteiger partial charge < -0.3 is 19.4 Å². The van der Waals surface area contributed by atoms with Crippen molar-refractivity contribution in [3.05, 3.63) is 102 Å². The van der Waals surface area contributed by atoms with Crippen LogP contribution in [0.5, 0.6) is 0 Å². The minimum atomic E-state index is 0. The number of nitrogens with zero attached hydrogens (tertiary/aromatic N) is 2. The van der Waals surface area contributed by atoms with E-state index in [1.165, 1.54) is 214 Å². The third-order valence-corrected chi connectivity index (χ3v) is 12.6. The fourth-order valence-corrected chi connectivity index (χ4v) is 8.58. The SMILES string of the molecule is CCCCCc1cccc(C2=CC(CCCC)=C(c3cccc(CCCCC)c3)[N+]2=[N-])c1.[CH2-]CCCCCCCCCCCCCC.[CH2-]CCCCCCCCCCCCCC.[Ni+2]. The third kappa shape index (κ3) is 31.5. The van der Waals surface area contributed by atoms with Gasteiger partial charge in [0.15, 0.2) is 0 Å². The molecule has 0 aliphatic carbocycles. The Labute approximate surface area is 404 Å². The van der Waals surface area contributed by atoms with Crippen LogP contribution in [0.4, 0.5) is 0 Å². The van der Waals surface area contributed by atoms with Crippen molar-refractivity contribution in [2.45, 2.75) is 272 Å². The molecular formula is C60H102N2Ni. The molecule has 1 heterocycles. The van der Waals surface area contributed by atoms with E-state index in [4.69, 9.17) is 0 Å². The number of rotatable bonds is 37. The molecular weight excluding hydrogens is 807 g/mol. The topological polar surface area (TPSA) is 25.3 Å². The summed E-state index contributed by atoms with van der Waals surface area (Å²) < 4.78 is 1.45. The zero-order valence-electron chi connectivity index (χ0n) is 42.5. The van der Waals surface area contributed by atoms with Crippen molar-refractivity contribution < 1.29 is 21.2 Å². The van der Waals surface area contributed by atoms with E-state index >= 15 is 0 Å². The van der Waals surface area contributed by atoms with E-state index in [9.17, 15) is 5.53 Å². The summed E-state index contributed by atoms with van der Waals surface area (Å²) in [6.45, 7) is 19.0. The largest absolute Gasteiger partial charge is 2.00 e. The van der Waals surface area contributed by atoms with Gasteiger partial charge in [-0.1, -0.05) is 245 Å². The smallest absolute Gasteiger partial charge is 0.493 e. The van der Waals surface area contributed by atoms with E-state index in [2.05, 4.69) is 103 Å². The molecule has 0 unspecified atom stereocenters. The van der Waals surface area contributed by atoms with Crippen LogP contribution in [-0.2, 0) is 29.3 Å². The molecule has 0 spiro atoms. The van der Waals surface area contributed by atoms with Gasteiger partial charge >= 0.3 is 16.5 Å². The maximum Gasteiger partial charge on any atom is 2.00 e. The first kappa shape index (κ1) is 61.0. The fraction of sp³-hybridized carbons (Fsp3) is 0.700. The molecule has 2 nitrogen and oxygen atoms in total. The Morgan fingerprint density at radius 3 is 1.11 bits per heavy atom. The molecule has 63 heavy (non-hydrogen) atoms. The summed E-state index contributed by atoms with van der Waals surface area (Å²) in [6, 6.07) is 17.5. The van der Waals surface area contributed by atoms with Gasteiger partial charge in [-0.05, 0) is 73.9 Å². The van der Waals surface area contributed by atoms with E-state index in [1.807, 2.05) is 0 Å². The second kappa shape index (κ2) is 45.2. The van der Waals surface area contributed by atoms with Crippen LogP contribution in [0.1, 0.15) is 282 Å². The predicted molar refractivity (Wildman–Crippen MR) is 279 cm³/mol. The van der Waals surface area contributed by atoms with Crippen LogP contribution < -0.4 is 0 Å². The summed E-state index contributed by atoms with van der Waals surface area (Å²) in [5, 5.41) is 0. The number of aryl methyl sites for hydroxylation is 2. The van der Waals surface area contributed by atoms with Gasteiger partial charge in [0.25, 0.3) is 0 Å². The Kier molecular flexibility index (Phi) is 43.8. The first-order valence-electron chi connectivity index (χ1n) is 27.2. The third-order valence-electron chi connectivity index (χ3n) is 12.6. The van der Waals surface area contributed by atoms with Gasteiger partial charge in [0.2, 0.25) is 11.4 Å². The van der Waals surface area contributed by atoms with Gasteiger partial charge in [0.1, 0.15) is 0 Å². The van der Waals surface area contributed by atoms with Crippen molar-refractivity contribution in [3.8, 4) is 0 Å².